The molecule has 0 heterocycles. The monoisotopic (exact) mass is 292 g/mol. The van der Waals surface area contributed by atoms with E-state index in [2.05, 4.69) is 5.32 Å². The Hall–Kier alpha value is -1.92. The van der Waals surface area contributed by atoms with Gasteiger partial charge in [-0.05, 0) is 40.7 Å². The van der Waals surface area contributed by atoms with Gasteiger partial charge in [0.05, 0.1) is 0 Å². The minimum atomic E-state index is -2.40. The fraction of sp³-hybridized carbons (Fsp3) is 0.214. The molecule has 1 unspecified atom stereocenters. The zero-order valence-corrected chi connectivity index (χ0v) is 11.9. The lowest BCUT2D eigenvalue weighted by Crippen LogP contribution is -2.17. The van der Waals surface area contributed by atoms with Crippen molar-refractivity contribution in [3.63, 3.8) is 0 Å². The normalized spacial score (nSPS) is 12.6. The molecule has 0 aromatic heterocycles. The number of anilines is 1. The summed E-state index contributed by atoms with van der Waals surface area (Å²) in [5.74, 6) is -0.409. The highest BCUT2D eigenvalue weighted by Crippen LogP contribution is 2.30. The molecule has 1 atom stereocenters. The molecular formula is C14H14NO4S-. The Kier molecular flexibility index (Phi) is 4.06. The lowest BCUT2D eigenvalue weighted by atomic mass is 10.1. The first-order chi connectivity index (χ1) is 9.38. The predicted molar refractivity (Wildman–Crippen MR) is 76.3 cm³/mol. The highest BCUT2D eigenvalue weighted by atomic mass is 32.2. The number of benzene rings is 2. The van der Waals surface area contributed by atoms with Crippen LogP contribution >= 0.6 is 0 Å². The van der Waals surface area contributed by atoms with E-state index >= 15 is 0 Å². The van der Waals surface area contributed by atoms with Crippen molar-refractivity contribution in [2.75, 3.05) is 5.32 Å². The van der Waals surface area contributed by atoms with E-state index in [9.17, 15) is 18.7 Å². The van der Waals surface area contributed by atoms with Crippen LogP contribution in [0.1, 0.15) is 13.8 Å². The molecule has 0 saturated heterocycles. The maximum atomic E-state index is 11.6. The highest BCUT2D eigenvalue weighted by molar-refractivity contribution is 7.79. The van der Waals surface area contributed by atoms with E-state index in [-0.39, 0.29) is 22.5 Å². The number of fused-ring (bicyclic) bond motifs is 1. The van der Waals surface area contributed by atoms with Crippen LogP contribution in [0.15, 0.2) is 35.2 Å². The number of carbonyl (C=O) groups excluding carboxylic acids is 1. The summed E-state index contributed by atoms with van der Waals surface area (Å²) in [5, 5.41) is 13.7. The van der Waals surface area contributed by atoms with Crippen molar-refractivity contribution in [2.24, 2.45) is 5.92 Å². The second-order valence-electron chi connectivity index (χ2n) is 4.76. The molecule has 0 aliphatic heterocycles. The van der Waals surface area contributed by atoms with Gasteiger partial charge in [0, 0.05) is 21.9 Å². The van der Waals surface area contributed by atoms with Crippen molar-refractivity contribution in [1.29, 1.82) is 0 Å². The van der Waals surface area contributed by atoms with E-state index in [0.29, 0.717) is 16.5 Å². The molecule has 20 heavy (non-hydrogen) atoms. The number of aromatic hydroxyl groups is 1. The summed E-state index contributed by atoms with van der Waals surface area (Å²) >= 11 is -2.40. The molecule has 2 rings (SSSR count). The number of carbonyl (C=O) groups is 1. The van der Waals surface area contributed by atoms with Crippen LogP contribution in [0.2, 0.25) is 0 Å². The summed E-state index contributed by atoms with van der Waals surface area (Å²) in [4.78, 5) is 11.6. The lowest BCUT2D eigenvalue weighted by Gasteiger charge is -2.11. The van der Waals surface area contributed by atoms with Gasteiger partial charge in [-0.15, -0.1) is 0 Å². The van der Waals surface area contributed by atoms with Gasteiger partial charge in [-0.3, -0.25) is 9.00 Å². The maximum absolute atomic E-state index is 11.6. The van der Waals surface area contributed by atoms with E-state index in [1.54, 1.807) is 32.0 Å². The molecular weight excluding hydrogens is 278 g/mol. The third-order valence-electron chi connectivity index (χ3n) is 2.89. The summed E-state index contributed by atoms with van der Waals surface area (Å²) in [5.41, 5.74) is 0.558. The lowest BCUT2D eigenvalue weighted by molar-refractivity contribution is -0.118. The molecule has 0 fully saturated rings. The molecule has 1 amide bonds. The predicted octanol–water partition coefficient (Wildman–Crippen LogP) is 2.38. The first-order valence-electron chi connectivity index (χ1n) is 6.05. The molecule has 2 aromatic rings. The van der Waals surface area contributed by atoms with Crippen LogP contribution in [-0.4, -0.2) is 19.8 Å². The first-order valence-corrected chi connectivity index (χ1v) is 7.13. The van der Waals surface area contributed by atoms with Gasteiger partial charge in [0.2, 0.25) is 5.91 Å². The third kappa shape index (κ3) is 2.97. The second-order valence-corrected chi connectivity index (χ2v) is 5.70. The highest BCUT2D eigenvalue weighted by Gasteiger charge is 2.09. The molecule has 0 aliphatic rings. The number of hydrogen-bond donors (Lipinski definition) is 2. The van der Waals surface area contributed by atoms with Gasteiger partial charge in [-0.1, -0.05) is 19.9 Å². The van der Waals surface area contributed by atoms with E-state index in [1.165, 1.54) is 12.1 Å². The van der Waals surface area contributed by atoms with Crippen LogP contribution in [0.25, 0.3) is 10.8 Å². The maximum Gasteiger partial charge on any atom is 0.226 e. The minimum Gasteiger partial charge on any atom is -0.768 e. The Morgan fingerprint density at radius 3 is 2.60 bits per heavy atom. The van der Waals surface area contributed by atoms with Gasteiger partial charge < -0.3 is 15.0 Å². The second kappa shape index (κ2) is 5.60. The van der Waals surface area contributed by atoms with Crippen molar-refractivity contribution >= 4 is 33.4 Å². The summed E-state index contributed by atoms with van der Waals surface area (Å²) in [7, 11) is 0. The average Bonchev–Trinajstić information content (AvgIpc) is 2.38. The Bertz CT molecular complexity index is 697. The Labute approximate surface area is 118 Å². The van der Waals surface area contributed by atoms with Gasteiger partial charge >= 0.3 is 0 Å². The van der Waals surface area contributed by atoms with Crippen LogP contribution in [0.3, 0.4) is 0 Å². The summed E-state index contributed by atoms with van der Waals surface area (Å²) < 4.78 is 21.8. The van der Waals surface area contributed by atoms with Crippen molar-refractivity contribution in [3.8, 4) is 5.75 Å². The van der Waals surface area contributed by atoms with Crippen LogP contribution in [0.5, 0.6) is 5.75 Å². The fourth-order valence-corrected chi connectivity index (χ4v) is 2.20. The summed E-state index contributed by atoms with van der Waals surface area (Å²) in [6, 6.07) is 7.58. The molecule has 2 aromatic carbocycles. The first kappa shape index (κ1) is 14.5. The number of phenols is 1. The standard InChI is InChI=1S/C14H15NO4S/c1-8(2)14(17)15-10-4-3-9-5-11(20(18)19)7-13(16)12(9)6-10/h3-8,16H,1-2H3,(H,15,17)(H,18,19)/p-1. The van der Waals surface area contributed by atoms with Gasteiger partial charge in [-0.2, -0.15) is 0 Å². The largest absolute Gasteiger partial charge is 0.768 e. The third-order valence-corrected chi connectivity index (χ3v) is 3.51. The molecule has 0 bridgehead atoms. The fourth-order valence-electron chi connectivity index (χ4n) is 1.77. The van der Waals surface area contributed by atoms with Crippen molar-refractivity contribution < 1.29 is 18.7 Å². The quantitative estimate of drug-likeness (QED) is 0.850. The molecule has 5 nitrogen and oxygen atoms in total. The molecule has 106 valence electrons. The minimum absolute atomic E-state index is 0.0222. The summed E-state index contributed by atoms with van der Waals surface area (Å²) in [6.07, 6.45) is 0. The average molecular weight is 292 g/mol. The van der Waals surface area contributed by atoms with E-state index in [4.69, 9.17) is 0 Å². The molecule has 0 saturated carbocycles. The topological polar surface area (TPSA) is 89.5 Å². The van der Waals surface area contributed by atoms with Crippen molar-refractivity contribution in [3.05, 3.63) is 30.3 Å². The van der Waals surface area contributed by atoms with E-state index < -0.39 is 11.1 Å². The van der Waals surface area contributed by atoms with Gasteiger partial charge in [-0.25, -0.2) is 0 Å². The molecule has 0 spiro atoms. The SMILES string of the molecule is CC(C)C(=O)Nc1ccc2cc(S(=O)[O-])cc(O)c2c1. The Morgan fingerprint density at radius 2 is 2.00 bits per heavy atom. The Balaban J connectivity index is 2.45. The number of phenolic OH excluding ortho intramolecular Hbond substituents is 1. The molecule has 2 N–H and O–H groups in total. The summed E-state index contributed by atoms with van der Waals surface area (Å²) in [6.45, 7) is 3.56. The van der Waals surface area contributed by atoms with Crippen LogP contribution in [-0.2, 0) is 15.9 Å². The number of rotatable bonds is 3. The van der Waals surface area contributed by atoms with Gasteiger partial charge in [0.1, 0.15) is 5.75 Å². The zero-order valence-electron chi connectivity index (χ0n) is 11.0. The van der Waals surface area contributed by atoms with E-state index in [1.807, 2.05) is 0 Å². The van der Waals surface area contributed by atoms with Gasteiger partial charge in [0.25, 0.3) is 0 Å². The van der Waals surface area contributed by atoms with Crippen molar-refractivity contribution in [1.82, 2.24) is 0 Å². The molecule has 6 heteroatoms. The molecule has 0 aliphatic carbocycles. The zero-order chi connectivity index (χ0) is 14.9. The van der Waals surface area contributed by atoms with Gasteiger partial charge in [0.15, 0.2) is 0 Å². The molecule has 0 radical (unpaired) electrons. The smallest absolute Gasteiger partial charge is 0.226 e. The van der Waals surface area contributed by atoms with Crippen LogP contribution < -0.4 is 5.32 Å². The van der Waals surface area contributed by atoms with E-state index in [0.717, 1.165) is 0 Å². The number of nitrogens with one attached hydrogen (secondary N) is 1. The van der Waals surface area contributed by atoms with Crippen LogP contribution in [0, 0.1) is 5.92 Å². The Morgan fingerprint density at radius 1 is 1.30 bits per heavy atom. The van der Waals surface area contributed by atoms with Crippen molar-refractivity contribution in [2.45, 2.75) is 18.7 Å². The van der Waals surface area contributed by atoms with Crippen LogP contribution in [0.4, 0.5) is 5.69 Å². The number of amides is 1. The number of hydrogen-bond acceptors (Lipinski definition) is 4.